The first-order valence-electron chi connectivity index (χ1n) is 10.9. The molecule has 1 saturated heterocycles. The van der Waals surface area contributed by atoms with Crippen molar-refractivity contribution in [3.05, 3.63) is 0 Å². The van der Waals surface area contributed by atoms with Gasteiger partial charge in [0.1, 0.15) is 6.04 Å². The molecule has 3 fully saturated rings. The Bertz CT molecular complexity index is 732. The number of ketones is 2. The molecule has 6 heteroatoms. The number of likely N-dealkylation sites (tertiary alicyclic amines) is 1. The monoisotopic (exact) mass is 404 g/mol. The van der Waals surface area contributed by atoms with Crippen LogP contribution in [0.3, 0.4) is 0 Å². The molecule has 2 saturated carbocycles. The molecule has 0 bridgehead atoms. The van der Waals surface area contributed by atoms with Gasteiger partial charge in [-0.05, 0) is 35.0 Å². The van der Waals surface area contributed by atoms with Crippen LogP contribution in [-0.4, -0.2) is 46.9 Å². The van der Waals surface area contributed by atoms with Gasteiger partial charge < -0.3 is 10.2 Å². The van der Waals surface area contributed by atoms with E-state index in [1.807, 2.05) is 27.7 Å². The number of Topliss-reactive ketones (excluding diaryl/α,β-unsaturated/α-hetero) is 2. The Morgan fingerprint density at radius 2 is 1.72 bits per heavy atom. The van der Waals surface area contributed by atoms with Gasteiger partial charge in [0.15, 0.2) is 5.78 Å². The van der Waals surface area contributed by atoms with Crippen LogP contribution in [0, 0.1) is 34.5 Å². The Kier molecular flexibility index (Phi) is 5.46. The minimum atomic E-state index is -0.773. The lowest BCUT2D eigenvalue weighted by Gasteiger charge is -2.36. The zero-order valence-corrected chi connectivity index (χ0v) is 18.9. The van der Waals surface area contributed by atoms with Crippen molar-refractivity contribution >= 4 is 23.4 Å². The number of nitrogens with zero attached hydrogens (tertiary/aromatic N) is 1. The number of piperidine rings is 1. The maximum Gasteiger partial charge on any atom is 0.243 e. The van der Waals surface area contributed by atoms with Crippen molar-refractivity contribution < 1.29 is 19.2 Å². The predicted octanol–water partition coefficient (Wildman–Crippen LogP) is 2.59. The number of amides is 2. The lowest BCUT2D eigenvalue weighted by Crippen LogP contribution is -2.55. The van der Waals surface area contributed by atoms with Crippen LogP contribution in [-0.2, 0) is 19.2 Å². The summed E-state index contributed by atoms with van der Waals surface area (Å²) in [4.78, 5) is 52.3. The van der Waals surface area contributed by atoms with E-state index in [2.05, 4.69) is 19.2 Å². The average molecular weight is 405 g/mol. The van der Waals surface area contributed by atoms with Crippen molar-refractivity contribution in [1.82, 2.24) is 10.2 Å². The van der Waals surface area contributed by atoms with Crippen molar-refractivity contribution in [2.24, 2.45) is 34.5 Å². The van der Waals surface area contributed by atoms with Gasteiger partial charge in [-0.3, -0.25) is 19.2 Å². The summed E-state index contributed by atoms with van der Waals surface area (Å²) < 4.78 is 0. The van der Waals surface area contributed by atoms with Crippen LogP contribution in [0.25, 0.3) is 0 Å². The van der Waals surface area contributed by atoms with Gasteiger partial charge in [0.2, 0.25) is 17.6 Å². The number of hydrogen-bond acceptors (Lipinski definition) is 4. The molecule has 0 radical (unpaired) electrons. The maximum absolute atomic E-state index is 13.3. The summed E-state index contributed by atoms with van der Waals surface area (Å²) in [5, 5.41) is 2.87. The molecule has 2 amide bonds. The second-order valence-corrected chi connectivity index (χ2v) is 11.1. The first-order valence-corrected chi connectivity index (χ1v) is 10.9. The molecule has 1 aliphatic heterocycles. The SMILES string of the molecule is CC(=O)C(=O)C(CC1CC1)NC(=O)C1C2C(CN1C(=O)C(C)C(C)(C)C)C2(C)C. The number of nitrogens with one attached hydrogen (secondary N) is 1. The van der Waals surface area contributed by atoms with E-state index < -0.39 is 23.7 Å². The van der Waals surface area contributed by atoms with Gasteiger partial charge >= 0.3 is 0 Å². The van der Waals surface area contributed by atoms with Gasteiger partial charge in [-0.25, -0.2) is 0 Å². The number of fused-ring (bicyclic) bond motifs is 1. The second-order valence-electron chi connectivity index (χ2n) is 11.1. The van der Waals surface area contributed by atoms with E-state index in [0.717, 1.165) is 12.8 Å². The fraction of sp³-hybridized carbons (Fsp3) is 0.826. The molecule has 6 nitrogen and oxygen atoms in total. The first-order chi connectivity index (χ1) is 13.3. The number of hydrogen-bond donors (Lipinski definition) is 1. The highest BCUT2D eigenvalue weighted by molar-refractivity contribution is 6.38. The Hall–Kier alpha value is -1.72. The van der Waals surface area contributed by atoms with E-state index in [1.165, 1.54) is 6.92 Å². The maximum atomic E-state index is 13.3. The van der Waals surface area contributed by atoms with Crippen molar-refractivity contribution in [2.45, 2.75) is 79.8 Å². The van der Waals surface area contributed by atoms with Gasteiger partial charge in [0.05, 0.1) is 6.04 Å². The quantitative estimate of drug-likeness (QED) is 0.661. The van der Waals surface area contributed by atoms with Crippen LogP contribution < -0.4 is 5.32 Å². The lowest BCUT2D eigenvalue weighted by atomic mass is 9.81. The molecular weight excluding hydrogens is 368 g/mol. The van der Waals surface area contributed by atoms with E-state index in [-0.39, 0.29) is 34.5 Å². The van der Waals surface area contributed by atoms with Gasteiger partial charge in [0.25, 0.3) is 0 Å². The van der Waals surface area contributed by atoms with Crippen molar-refractivity contribution in [1.29, 1.82) is 0 Å². The highest BCUT2D eigenvalue weighted by Gasteiger charge is 2.69. The zero-order chi connectivity index (χ0) is 21.9. The minimum Gasteiger partial charge on any atom is -0.344 e. The molecule has 5 atom stereocenters. The summed E-state index contributed by atoms with van der Waals surface area (Å²) in [5.74, 6) is -0.741. The van der Waals surface area contributed by atoms with E-state index in [9.17, 15) is 19.2 Å². The molecule has 1 N–H and O–H groups in total. The summed E-state index contributed by atoms with van der Waals surface area (Å²) in [6, 6.07) is -1.33. The first kappa shape index (κ1) is 22.0. The van der Waals surface area contributed by atoms with Crippen molar-refractivity contribution in [3.8, 4) is 0 Å². The average Bonchev–Trinajstić information content (AvgIpc) is 3.45. The van der Waals surface area contributed by atoms with Gasteiger partial charge in [-0.1, -0.05) is 54.4 Å². The van der Waals surface area contributed by atoms with Gasteiger partial charge in [-0.15, -0.1) is 0 Å². The van der Waals surface area contributed by atoms with Crippen LogP contribution in [0.5, 0.6) is 0 Å². The molecule has 3 rings (SSSR count). The van der Waals surface area contributed by atoms with Crippen molar-refractivity contribution in [2.75, 3.05) is 6.54 Å². The fourth-order valence-electron chi connectivity index (χ4n) is 4.85. The largest absolute Gasteiger partial charge is 0.344 e. The van der Waals surface area contributed by atoms with Crippen LogP contribution in [0.4, 0.5) is 0 Å². The summed E-state index contributed by atoms with van der Waals surface area (Å²) in [7, 11) is 0. The number of carbonyl (C=O) groups is 4. The zero-order valence-electron chi connectivity index (χ0n) is 18.9. The van der Waals surface area contributed by atoms with Gasteiger partial charge in [0, 0.05) is 19.4 Å². The summed E-state index contributed by atoms with van der Waals surface area (Å²) >= 11 is 0. The Morgan fingerprint density at radius 1 is 1.14 bits per heavy atom. The molecule has 0 aromatic carbocycles. The van der Waals surface area contributed by atoms with Crippen LogP contribution >= 0.6 is 0 Å². The molecule has 0 aromatic heterocycles. The second kappa shape index (κ2) is 7.21. The van der Waals surface area contributed by atoms with E-state index >= 15 is 0 Å². The molecular formula is C23H36N2O4. The molecule has 5 unspecified atom stereocenters. The van der Waals surface area contributed by atoms with E-state index in [1.54, 1.807) is 4.90 Å². The Morgan fingerprint density at radius 3 is 2.21 bits per heavy atom. The number of rotatable bonds is 7. The topological polar surface area (TPSA) is 83.6 Å². The van der Waals surface area contributed by atoms with E-state index in [0.29, 0.717) is 24.8 Å². The fourth-order valence-corrected chi connectivity index (χ4v) is 4.85. The lowest BCUT2D eigenvalue weighted by molar-refractivity contribution is -0.146. The predicted molar refractivity (Wildman–Crippen MR) is 110 cm³/mol. The Labute approximate surface area is 174 Å². The number of carbonyl (C=O) groups excluding carboxylic acids is 4. The third kappa shape index (κ3) is 4.13. The highest BCUT2D eigenvalue weighted by Crippen LogP contribution is 2.65. The van der Waals surface area contributed by atoms with E-state index in [4.69, 9.17) is 0 Å². The minimum absolute atomic E-state index is 0.00251. The Balaban J connectivity index is 1.79. The molecule has 2 aliphatic carbocycles. The summed E-state index contributed by atoms with van der Waals surface area (Å²) in [5.41, 5.74) is -0.181. The van der Waals surface area contributed by atoms with Crippen molar-refractivity contribution in [3.63, 3.8) is 0 Å². The van der Waals surface area contributed by atoms with Crippen LogP contribution in [0.1, 0.15) is 67.7 Å². The third-order valence-electron chi connectivity index (χ3n) is 7.68. The van der Waals surface area contributed by atoms with Gasteiger partial charge in [-0.2, -0.15) is 0 Å². The summed E-state index contributed by atoms with van der Waals surface area (Å²) in [6.07, 6.45) is 2.58. The molecule has 3 aliphatic rings. The molecule has 0 spiro atoms. The molecule has 29 heavy (non-hydrogen) atoms. The van der Waals surface area contributed by atoms with Crippen LogP contribution in [0.2, 0.25) is 0 Å². The molecule has 0 aromatic rings. The van der Waals surface area contributed by atoms with Crippen LogP contribution in [0.15, 0.2) is 0 Å². The smallest absolute Gasteiger partial charge is 0.243 e. The summed E-state index contributed by atoms with van der Waals surface area (Å²) in [6.45, 7) is 14.1. The third-order valence-corrected chi connectivity index (χ3v) is 7.68. The molecule has 1 heterocycles. The normalized spacial score (nSPS) is 29.6. The molecule has 162 valence electrons. The highest BCUT2D eigenvalue weighted by atomic mass is 16.2. The standard InChI is InChI=1S/C23H36N2O4/c1-12(22(3,4)5)21(29)25-11-15-17(23(15,6)7)18(25)20(28)24-16(10-14-8-9-14)19(27)13(2)26/h12,14-18H,8-11H2,1-7H3,(H,24,28).